The van der Waals surface area contributed by atoms with Crippen LogP contribution < -0.4 is 10.6 Å². The molecule has 1 heterocycles. The lowest BCUT2D eigenvalue weighted by molar-refractivity contribution is -0.127. The minimum Gasteiger partial charge on any atom is -0.430 e. The van der Waals surface area contributed by atoms with E-state index < -0.39 is 23.8 Å². The van der Waals surface area contributed by atoms with Crippen LogP contribution in [0.2, 0.25) is 0 Å². The van der Waals surface area contributed by atoms with Gasteiger partial charge < -0.3 is 29.8 Å². The summed E-state index contributed by atoms with van der Waals surface area (Å²) in [5.41, 5.74) is 1.60. The molecule has 5 atom stereocenters. The Morgan fingerprint density at radius 2 is 1.83 bits per heavy atom. The highest BCUT2D eigenvalue weighted by Gasteiger charge is 2.33. The first-order chi connectivity index (χ1) is 20.0. The second kappa shape index (κ2) is 16.5. The number of ether oxygens (including phenoxy) is 2. The van der Waals surface area contributed by atoms with Gasteiger partial charge in [0.25, 0.3) is 0 Å². The molecule has 236 valence electrons. The van der Waals surface area contributed by atoms with Gasteiger partial charge in [0.1, 0.15) is 0 Å². The maximum absolute atomic E-state index is 13.0. The molecule has 0 radical (unpaired) electrons. The first-order valence-corrected chi connectivity index (χ1v) is 16.1. The Balaban J connectivity index is 1.77. The highest BCUT2D eigenvalue weighted by Crippen LogP contribution is 2.30. The third-order valence-electron chi connectivity index (χ3n) is 8.52. The van der Waals surface area contributed by atoms with Crippen LogP contribution in [0.3, 0.4) is 0 Å². The Labute approximate surface area is 256 Å². The number of aliphatic hydroxyl groups excluding tert-OH is 1. The molecule has 0 spiro atoms. The van der Waals surface area contributed by atoms with Gasteiger partial charge in [0, 0.05) is 44.4 Å². The number of halogens is 1. The van der Waals surface area contributed by atoms with Crippen molar-refractivity contribution in [1.29, 1.82) is 0 Å². The van der Waals surface area contributed by atoms with Gasteiger partial charge in [-0.2, -0.15) is 0 Å². The van der Waals surface area contributed by atoms with E-state index in [1.807, 2.05) is 13.8 Å². The van der Waals surface area contributed by atoms with Crippen molar-refractivity contribution < 1.29 is 24.2 Å². The van der Waals surface area contributed by atoms with Crippen LogP contribution >= 0.6 is 11.6 Å². The highest BCUT2D eigenvalue weighted by atomic mass is 35.5. The Morgan fingerprint density at radius 1 is 1.10 bits per heavy atom. The van der Waals surface area contributed by atoms with Crippen molar-refractivity contribution in [2.45, 2.75) is 97.4 Å². The van der Waals surface area contributed by atoms with Crippen molar-refractivity contribution in [3.05, 3.63) is 36.0 Å². The number of carbonyl (C=O) groups excluding carboxylic acids is 2. The fraction of sp³-hybridized carbons (Fsp3) is 0.697. The molecule has 8 nitrogen and oxygen atoms in total. The zero-order chi connectivity index (χ0) is 30.8. The third-order valence-corrected chi connectivity index (χ3v) is 8.61. The quantitative estimate of drug-likeness (QED) is 0.141. The van der Waals surface area contributed by atoms with Gasteiger partial charge >= 0.3 is 6.09 Å². The number of nitrogens with one attached hydrogen (secondary N) is 2. The van der Waals surface area contributed by atoms with Crippen molar-refractivity contribution in [2.24, 2.45) is 29.6 Å². The second-order valence-corrected chi connectivity index (χ2v) is 13.3. The van der Waals surface area contributed by atoms with E-state index in [-0.39, 0.29) is 36.0 Å². The molecule has 42 heavy (non-hydrogen) atoms. The molecule has 1 saturated carbocycles. The van der Waals surface area contributed by atoms with E-state index in [1.54, 1.807) is 14.0 Å². The van der Waals surface area contributed by atoms with E-state index >= 15 is 0 Å². The number of amides is 2. The van der Waals surface area contributed by atoms with Crippen LogP contribution in [0.1, 0.15) is 72.3 Å². The van der Waals surface area contributed by atoms with Gasteiger partial charge in [-0.05, 0) is 92.2 Å². The molecule has 1 fully saturated rings. The summed E-state index contributed by atoms with van der Waals surface area (Å²) in [6.07, 6.45) is 5.36. The normalized spacial score (nSPS) is 17.2. The summed E-state index contributed by atoms with van der Waals surface area (Å²) >= 11 is 5.92. The van der Waals surface area contributed by atoms with Gasteiger partial charge in [-0.25, -0.2) is 4.79 Å². The number of fused-ring (bicyclic) bond motifs is 1. The van der Waals surface area contributed by atoms with E-state index in [0.29, 0.717) is 18.9 Å². The lowest BCUT2D eigenvalue weighted by atomic mass is 9.80. The molecule has 0 aliphatic heterocycles. The van der Waals surface area contributed by atoms with Crippen LogP contribution in [-0.2, 0) is 27.2 Å². The van der Waals surface area contributed by atoms with Crippen molar-refractivity contribution >= 4 is 34.5 Å². The fourth-order valence-electron chi connectivity index (χ4n) is 5.60. The van der Waals surface area contributed by atoms with E-state index in [1.165, 1.54) is 16.5 Å². The number of alkyl carbamates (subject to hydrolysis) is 1. The van der Waals surface area contributed by atoms with E-state index in [0.717, 1.165) is 38.8 Å². The number of hydrogen-bond acceptors (Lipinski definition) is 5. The molecule has 2 aromatic rings. The Kier molecular flexibility index (Phi) is 13.5. The Hall–Kier alpha value is -2.29. The summed E-state index contributed by atoms with van der Waals surface area (Å²) in [5, 5.41) is 18.7. The molecule has 1 aromatic carbocycles. The maximum Gasteiger partial charge on any atom is 0.408 e. The van der Waals surface area contributed by atoms with Gasteiger partial charge in [-0.3, -0.25) is 4.79 Å². The highest BCUT2D eigenvalue weighted by molar-refractivity contribution is 6.19. The zero-order valence-corrected chi connectivity index (χ0v) is 27.0. The summed E-state index contributed by atoms with van der Waals surface area (Å²) in [5.74, 6) is 0.672. The zero-order valence-electron chi connectivity index (χ0n) is 26.3. The SMILES string of the molecule is COCCCn1ccc2ccc(C[C@@H](C[C@H](NC(=O)OC(C)Cl)[C@@H](O)C[C@H](C(=O)NCC3CC3)C(C)C)C(C)C)cc21. The van der Waals surface area contributed by atoms with Crippen LogP contribution in [0.25, 0.3) is 10.9 Å². The van der Waals surface area contributed by atoms with Crippen LogP contribution in [0.5, 0.6) is 0 Å². The molecule has 2 amide bonds. The summed E-state index contributed by atoms with van der Waals surface area (Å²) in [6.45, 7) is 12.2. The summed E-state index contributed by atoms with van der Waals surface area (Å²) in [4.78, 5) is 25.7. The standard InChI is InChI=1S/C33H52ClN3O5/c1-21(2)27(16-25-10-11-26-12-14-37(30(26)17-25)13-7-15-41-6)18-29(36-33(40)42-23(5)34)31(38)19-28(22(3)4)32(39)35-20-24-8-9-24/h10-12,14,17,21-24,27-29,31,38H,7-9,13,15-16,18-20H2,1-6H3,(H,35,39)(H,36,40)/t23?,27-,28-,29-,31-/m0/s1. The summed E-state index contributed by atoms with van der Waals surface area (Å²) < 4.78 is 12.7. The minimum absolute atomic E-state index is 0.0335. The molecule has 0 saturated heterocycles. The number of rotatable bonds is 18. The molecule has 3 rings (SSSR count). The predicted octanol–water partition coefficient (Wildman–Crippen LogP) is 6.11. The molecular formula is C33H52ClN3O5. The summed E-state index contributed by atoms with van der Waals surface area (Å²) in [6, 6.07) is 8.11. The lowest BCUT2D eigenvalue weighted by Crippen LogP contribution is -2.48. The molecule has 0 bridgehead atoms. The number of aryl methyl sites for hydroxylation is 1. The van der Waals surface area contributed by atoms with Crippen molar-refractivity contribution in [3.63, 3.8) is 0 Å². The Bertz CT molecular complexity index is 1130. The predicted molar refractivity (Wildman–Crippen MR) is 168 cm³/mol. The number of nitrogens with zero attached hydrogens (tertiary/aromatic N) is 1. The molecule has 1 unspecified atom stereocenters. The van der Waals surface area contributed by atoms with Crippen LogP contribution in [0.15, 0.2) is 30.5 Å². The van der Waals surface area contributed by atoms with Crippen LogP contribution in [-0.4, -0.2) is 59.6 Å². The third kappa shape index (κ3) is 10.8. The van der Waals surface area contributed by atoms with E-state index in [9.17, 15) is 14.7 Å². The van der Waals surface area contributed by atoms with E-state index in [4.69, 9.17) is 21.1 Å². The van der Waals surface area contributed by atoms with Crippen molar-refractivity contribution in [3.8, 4) is 0 Å². The summed E-state index contributed by atoms with van der Waals surface area (Å²) in [7, 11) is 1.72. The molecule has 1 aliphatic carbocycles. The molecular weight excluding hydrogens is 554 g/mol. The fourth-order valence-corrected chi connectivity index (χ4v) is 5.68. The maximum atomic E-state index is 13.0. The van der Waals surface area contributed by atoms with Crippen molar-refractivity contribution in [1.82, 2.24) is 15.2 Å². The number of methoxy groups -OCH3 is 1. The number of carbonyl (C=O) groups is 2. The topological polar surface area (TPSA) is 102 Å². The van der Waals surface area contributed by atoms with E-state index in [2.05, 4.69) is 59.5 Å². The number of hydrogen-bond donors (Lipinski definition) is 3. The number of aromatic nitrogens is 1. The van der Waals surface area contributed by atoms with Gasteiger partial charge in [0.05, 0.1) is 12.1 Å². The number of alkyl halides is 1. The first kappa shape index (κ1) is 34.2. The average molecular weight is 606 g/mol. The van der Waals surface area contributed by atoms with Gasteiger partial charge in [-0.15, -0.1) is 0 Å². The number of aliphatic hydroxyl groups is 1. The van der Waals surface area contributed by atoms with Crippen LogP contribution in [0.4, 0.5) is 4.79 Å². The smallest absolute Gasteiger partial charge is 0.408 e. The van der Waals surface area contributed by atoms with Gasteiger partial charge in [0.15, 0.2) is 5.56 Å². The second-order valence-electron chi connectivity index (χ2n) is 12.7. The molecule has 9 heteroatoms. The molecule has 1 aromatic heterocycles. The van der Waals surface area contributed by atoms with Crippen molar-refractivity contribution in [2.75, 3.05) is 20.3 Å². The molecule has 3 N–H and O–H groups in total. The Morgan fingerprint density at radius 3 is 2.45 bits per heavy atom. The minimum atomic E-state index is -0.927. The van der Waals surface area contributed by atoms with Crippen LogP contribution in [0, 0.1) is 29.6 Å². The van der Waals surface area contributed by atoms with Gasteiger partial charge in [0.2, 0.25) is 5.91 Å². The average Bonchev–Trinajstić information content (AvgIpc) is 3.67. The monoisotopic (exact) mass is 605 g/mol. The number of benzene rings is 1. The van der Waals surface area contributed by atoms with Gasteiger partial charge in [-0.1, -0.05) is 51.4 Å². The largest absolute Gasteiger partial charge is 0.430 e. The first-order valence-electron chi connectivity index (χ1n) is 15.6. The molecule has 1 aliphatic rings. The lowest BCUT2D eigenvalue weighted by Gasteiger charge is -2.32.